The zero-order valence-electron chi connectivity index (χ0n) is 14.7. The zero-order chi connectivity index (χ0) is 18.7. The van der Waals surface area contributed by atoms with Gasteiger partial charge in [-0.15, -0.1) is 0 Å². The minimum absolute atomic E-state index is 0.107. The van der Waals surface area contributed by atoms with Crippen LogP contribution >= 0.6 is 0 Å². The summed E-state index contributed by atoms with van der Waals surface area (Å²) in [6, 6.07) is 6.70. The van der Waals surface area contributed by atoms with Crippen LogP contribution in [0.1, 0.15) is 25.3 Å². The highest BCUT2D eigenvalue weighted by atomic mass is 16.5. The molecule has 7 heteroatoms. The highest BCUT2D eigenvalue weighted by molar-refractivity contribution is 5.82. The van der Waals surface area contributed by atoms with Crippen molar-refractivity contribution in [2.24, 2.45) is 11.7 Å². The van der Waals surface area contributed by atoms with Crippen molar-refractivity contribution in [1.29, 1.82) is 0 Å². The van der Waals surface area contributed by atoms with E-state index in [1.54, 1.807) is 17.0 Å². The number of carbonyl (C=O) groups excluding carboxylic acids is 2. The van der Waals surface area contributed by atoms with E-state index in [4.69, 9.17) is 14.9 Å². The van der Waals surface area contributed by atoms with Crippen LogP contribution in [0.4, 0.5) is 0 Å². The summed E-state index contributed by atoms with van der Waals surface area (Å²) in [5.74, 6) is -0.139. The molecule has 3 rings (SSSR count). The molecule has 0 saturated carbocycles. The Labute approximate surface area is 150 Å². The Hall–Kier alpha value is -2.83. The van der Waals surface area contributed by atoms with Crippen LogP contribution in [0.25, 0.3) is 11.0 Å². The first-order chi connectivity index (χ1) is 12.5. The Balaban J connectivity index is 1.64. The molecule has 1 aliphatic rings. The number of aryl methyl sites for hydroxylation is 1. The van der Waals surface area contributed by atoms with Gasteiger partial charge in [-0.2, -0.15) is 0 Å². The molecular weight excluding hydrogens is 336 g/mol. The van der Waals surface area contributed by atoms with E-state index in [1.807, 2.05) is 13.0 Å². The fourth-order valence-electron chi connectivity index (χ4n) is 3.24. The number of ether oxygens (including phenoxy) is 1. The smallest absolute Gasteiger partial charge is 0.336 e. The number of hydrogen-bond donors (Lipinski definition) is 1. The minimum atomic E-state index is -0.403. The van der Waals surface area contributed by atoms with Crippen molar-refractivity contribution in [1.82, 2.24) is 4.90 Å². The maximum atomic E-state index is 12.3. The second kappa shape index (κ2) is 7.59. The number of likely N-dealkylation sites (tertiary alicyclic amines) is 1. The van der Waals surface area contributed by atoms with Gasteiger partial charge in [-0.05, 0) is 37.0 Å². The summed E-state index contributed by atoms with van der Waals surface area (Å²) in [4.78, 5) is 36.8. The molecule has 0 spiro atoms. The van der Waals surface area contributed by atoms with E-state index in [9.17, 15) is 14.4 Å². The second-order valence-electron chi connectivity index (χ2n) is 6.45. The maximum Gasteiger partial charge on any atom is 0.336 e. The van der Waals surface area contributed by atoms with Crippen molar-refractivity contribution in [2.75, 3.05) is 19.7 Å². The van der Waals surface area contributed by atoms with Crippen LogP contribution < -0.4 is 16.1 Å². The van der Waals surface area contributed by atoms with Gasteiger partial charge >= 0.3 is 5.63 Å². The third kappa shape index (κ3) is 3.87. The largest absolute Gasteiger partial charge is 0.484 e. The van der Waals surface area contributed by atoms with Crippen molar-refractivity contribution in [3.05, 3.63) is 40.2 Å². The SMILES string of the molecule is CCc1cc(=O)oc2cc(OCC(=O)N3CCC(C(N)=O)CC3)ccc12. The number of hydrogen-bond acceptors (Lipinski definition) is 5. The van der Waals surface area contributed by atoms with Crippen LogP contribution in [0.15, 0.2) is 33.5 Å². The lowest BCUT2D eigenvalue weighted by molar-refractivity contribution is -0.136. The van der Waals surface area contributed by atoms with Gasteiger partial charge in [0.1, 0.15) is 11.3 Å². The summed E-state index contributed by atoms with van der Waals surface area (Å²) in [5, 5.41) is 0.860. The van der Waals surface area contributed by atoms with Gasteiger partial charge in [0, 0.05) is 36.5 Å². The Morgan fingerprint density at radius 1 is 1.27 bits per heavy atom. The van der Waals surface area contributed by atoms with Crippen molar-refractivity contribution in [2.45, 2.75) is 26.2 Å². The van der Waals surface area contributed by atoms with Crippen LogP contribution in [-0.2, 0) is 16.0 Å². The van der Waals surface area contributed by atoms with Crippen LogP contribution in [0, 0.1) is 5.92 Å². The highest BCUT2D eigenvalue weighted by Gasteiger charge is 2.25. The predicted octanol–water partition coefficient (Wildman–Crippen LogP) is 1.46. The van der Waals surface area contributed by atoms with Gasteiger partial charge < -0.3 is 19.8 Å². The molecule has 2 N–H and O–H groups in total. The van der Waals surface area contributed by atoms with Crippen molar-refractivity contribution < 1.29 is 18.7 Å². The van der Waals surface area contributed by atoms with Crippen LogP contribution in [0.5, 0.6) is 5.75 Å². The summed E-state index contributed by atoms with van der Waals surface area (Å²) in [6.45, 7) is 2.87. The lowest BCUT2D eigenvalue weighted by Gasteiger charge is -2.30. The lowest BCUT2D eigenvalue weighted by Crippen LogP contribution is -2.43. The molecule has 138 valence electrons. The topological polar surface area (TPSA) is 103 Å². The molecule has 1 aliphatic heterocycles. The normalized spacial score (nSPS) is 15.2. The van der Waals surface area contributed by atoms with E-state index in [1.165, 1.54) is 6.07 Å². The zero-order valence-corrected chi connectivity index (χ0v) is 14.7. The van der Waals surface area contributed by atoms with Gasteiger partial charge in [0.05, 0.1) is 0 Å². The monoisotopic (exact) mass is 358 g/mol. The number of rotatable bonds is 5. The second-order valence-corrected chi connectivity index (χ2v) is 6.45. The minimum Gasteiger partial charge on any atom is -0.484 e. The molecule has 1 aromatic carbocycles. The Kier molecular flexibility index (Phi) is 5.25. The van der Waals surface area contributed by atoms with Crippen molar-refractivity contribution >= 4 is 22.8 Å². The number of carbonyl (C=O) groups is 2. The highest BCUT2D eigenvalue weighted by Crippen LogP contribution is 2.23. The molecule has 0 radical (unpaired) electrons. The molecular formula is C19H22N2O5. The molecule has 1 aromatic heterocycles. The van der Waals surface area contributed by atoms with Gasteiger partial charge in [0.25, 0.3) is 5.91 Å². The first-order valence-electron chi connectivity index (χ1n) is 8.74. The maximum absolute atomic E-state index is 12.3. The summed E-state index contributed by atoms with van der Waals surface area (Å²) in [7, 11) is 0. The number of piperidine rings is 1. The van der Waals surface area contributed by atoms with E-state index in [0.717, 1.165) is 17.4 Å². The van der Waals surface area contributed by atoms with Gasteiger partial charge in [-0.1, -0.05) is 6.92 Å². The molecule has 1 fully saturated rings. The average Bonchev–Trinajstić information content (AvgIpc) is 2.65. The third-order valence-electron chi connectivity index (χ3n) is 4.79. The van der Waals surface area contributed by atoms with E-state index < -0.39 is 5.63 Å². The fraction of sp³-hybridized carbons (Fsp3) is 0.421. The van der Waals surface area contributed by atoms with E-state index >= 15 is 0 Å². The van der Waals surface area contributed by atoms with Gasteiger partial charge in [-0.3, -0.25) is 9.59 Å². The molecule has 2 aromatic rings. The molecule has 0 bridgehead atoms. The molecule has 0 aliphatic carbocycles. The predicted molar refractivity (Wildman–Crippen MR) is 95.9 cm³/mol. The molecule has 1 saturated heterocycles. The number of nitrogens with two attached hydrogens (primary N) is 1. The Morgan fingerprint density at radius 3 is 2.65 bits per heavy atom. The fourth-order valence-corrected chi connectivity index (χ4v) is 3.24. The van der Waals surface area contributed by atoms with E-state index in [0.29, 0.717) is 37.3 Å². The van der Waals surface area contributed by atoms with Crippen molar-refractivity contribution in [3.63, 3.8) is 0 Å². The molecule has 0 atom stereocenters. The molecule has 26 heavy (non-hydrogen) atoms. The van der Waals surface area contributed by atoms with Gasteiger partial charge in [0.2, 0.25) is 5.91 Å². The Bertz CT molecular complexity index is 881. The number of primary amides is 1. The first kappa shape index (κ1) is 18.0. The van der Waals surface area contributed by atoms with E-state index in [2.05, 4.69) is 0 Å². The molecule has 2 amide bonds. The number of nitrogens with zero attached hydrogens (tertiary/aromatic N) is 1. The average molecular weight is 358 g/mol. The number of benzene rings is 1. The quantitative estimate of drug-likeness (QED) is 0.815. The summed E-state index contributed by atoms with van der Waals surface area (Å²) in [6.07, 6.45) is 1.89. The van der Waals surface area contributed by atoms with E-state index in [-0.39, 0.29) is 24.3 Å². The Morgan fingerprint density at radius 2 is 2.00 bits per heavy atom. The van der Waals surface area contributed by atoms with Crippen LogP contribution in [-0.4, -0.2) is 36.4 Å². The molecule has 2 heterocycles. The van der Waals surface area contributed by atoms with Gasteiger partial charge in [0.15, 0.2) is 6.61 Å². The summed E-state index contributed by atoms with van der Waals surface area (Å²) in [5.41, 5.74) is 6.26. The van der Waals surface area contributed by atoms with Crippen LogP contribution in [0.3, 0.4) is 0 Å². The van der Waals surface area contributed by atoms with Crippen molar-refractivity contribution in [3.8, 4) is 5.75 Å². The lowest BCUT2D eigenvalue weighted by atomic mass is 9.96. The third-order valence-corrected chi connectivity index (χ3v) is 4.79. The summed E-state index contributed by atoms with van der Waals surface area (Å²) < 4.78 is 10.8. The standard InChI is InChI=1S/C19H22N2O5/c1-2-12-9-18(23)26-16-10-14(3-4-15(12)16)25-11-17(22)21-7-5-13(6-8-21)19(20)24/h3-4,9-10,13H,2,5-8,11H2,1H3,(H2,20,24). The first-order valence-corrected chi connectivity index (χ1v) is 8.74. The van der Waals surface area contributed by atoms with Gasteiger partial charge in [-0.25, -0.2) is 4.79 Å². The summed E-state index contributed by atoms with van der Waals surface area (Å²) >= 11 is 0. The van der Waals surface area contributed by atoms with Crippen LogP contribution in [0.2, 0.25) is 0 Å². The molecule has 7 nitrogen and oxygen atoms in total. The number of fused-ring (bicyclic) bond motifs is 1. The molecule has 0 unspecified atom stereocenters. The number of amides is 2.